The highest BCUT2D eigenvalue weighted by Crippen LogP contribution is 2.41. The van der Waals surface area contributed by atoms with Gasteiger partial charge in [-0.1, -0.05) is 40.2 Å². The average Bonchev–Trinajstić information content (AvgIpc) is 3.39. The SMILES string of the molecule is Cc1ccc(C)c(NC(=O)CCN2C(=S)N[C@H](c3ccccn3)[C@@H]2c2cc(C)n(-c3cccc(Br)c3)c2C)c1. The Balaban J connectivity index is 1.47. The molecule has 1 saturated heterocycles. The van der Waals surface area contributed by atoms with Crippen LogP contribution in [0.15, 0.2) is 77.4 Å². The molecule has 1 aliphatic heterocycles. The number of anilines is 1. The van der Waals surface area contributed by atoms with Crippen LogP contribution in [0.4, 0.5) is 5.69 Å². The van der Waals surface area contributed by atoms with Crippen LogP contribution in [0.2, 0.25) is 0 Å². The maximum Gasteiger partial charge on any atom is 0.226 e. The summed E-state index contributed by atoms with van der Waals surface area (Å²) in [5.41, 5.74) is 8.43. The smallest absolute Gasteiger partial charge is 0.226 e. The predicted octanol–water partition coefficient (Wildman–Crippen LogP) is 6.87. The van der Waals surface area contributed by atoms with E-state index in [2.05, 4.69) is 73.1 Å². The molecule has 0 aliphatic carbocycles. The maximum atomic E-state index is 13.1. The van der Waals surface area contributed by atoms with Gasteiger partial charge < -0.3 is 20.1 Å². The van der Waals surface area contributed by atoms with Crippen molar-refractivity contribution in [1.82, 2.24) is 19.8 Å². The number of hydrogen-bond acceptors (Lipinski definition) is 3. The lowest BCUT2D eigenvalue weighted by atomic mass is 9.96. The number of carbonyl (C=O) groups excluding carboxylic acids is 1. The van der Waals surface area contributed by atoms with Gasteiger partial charge in [-0.25, -0.2) is 0 Å². The average molecular weight is 603 g/mol. The molecule has 1 aliphatic rings. The molecule has 200 valence electrons. The minimum atomic E-state index is -0.141. The summed E-state index contributed by atoms with van der Waals surface area (Å²) in [5, 5.41) is 7.23. The Bertz CT molecular complexity index is 1530. The van der Waals surface area contributed by atoms with E-state index in [9.17, 15) is 4.79 Å². The largest absolute Gasteiger partial charge is 0.352 e. The van der Waals surface area contributed by atoms with Gasteiger partial charge in [-0.05, 0) is 99.1 Å². The molecular formula is C31H32BrN5OS. The van der Waals surface area contributed by atoms with Crippen LogP contribution < -0.4 is 10.6 Å². The van der Waals surface area contributed by atoms with E-state index in [-0.39, 0.29) is 18.0 Å². The van der Waals surface area contributed by atoms with Gasteiger partial charge in [-0.15, -0.1) is 0 Å². The van der Waals surface area contributed by atoms with Crippen LogP contribution in [0.3, 0.4) is 0 Å². The molecule has 0 bridgehead atoms. The number of nitrogens with one attached hydrogen (secondary N) is 2. The number of aryl methyl sites for hydroxylation is 3. The second-order valence-corrected chi connectivity index (χ2v) is 11.4. The molecule has 1 amide bonds. The monoisotopic (exact) mass is 601 g/mol. The Hall–Kier alpha value is -3.49. The number of pyridine rings is 1. The summed E-state index contributed by atoms with van der Waals surface area (Å²) in [6.07, 6.45) is 2.12. The number of carbonyl (C=O) groups is 1. The first-order valence-corrected chi connectivity index (χ1v) is 14.2. The molecule has 5 rings (SSSR count). The lowest BCUT2D eigenvalue weighted by Gasteiger charge is -2.28. The van der Waals surface area contributed by atoms with Crippen LogP contribution in [0, 0.1) is 27.7 Å². The van der Waals surface area contributed by atoms with Gasteiger partial charge in [0.1, 0.15) is 0 Å². The summed E-state index contributed by atoms with van der Waals surface area (Å²) in [4.78, 5) is 19.9. The summed E-state index contributed by atoms with van der Waals surface area (Å²) in [6.45, 7) is 8.78. The molecule has 1 fully saturated rings. The fourth-order valence-corrected chi connectivity index (χ4v) is 6.11. The zero-order valence-corrected chi connectivity index (χ0v) is 24.9. The number of thiocarbonyl (C=S) groups is 1. The Morgan fingerprint density at radius 3 is 2.62 bits per heavy atom. The van der Waals surface area contributed by atoms with Gasteiger partial charge in [0, 0.05) is 46.4 Å². The Kier molecular flexibility index (Phi) is 7.86. The molecule has 8 heteroatoms. The molecule has 2 aromatic carbocycles. The zero-order valence-electron chi connectivity index (χ0n) is 22.5. The van der Waals surface area contributed by atoms with E-state index in [1.165, 1.54) is 0 Å². The first-order valence-electron chi connectivity index (χ1n) is 13.0. The van der Waals surface area contributed by atoms with Crippen LogP contribution in [0.25, 0.3) is 5.69 Å². The van der Waals surface area contributed by atoms with Crippen molar-refractivity contribution in [3.05, 3.63) is 111 Å². The van der Waals surface area contributed by atoms with Gasteiger partial charge in [0.05, 0.1) is 17.8 Å². The van der Waals surface area contributed by atoms with Gasteiger partial charge >= 0.3 is 0 Å². The molecule has 6 nitrogen and oxygen atoms in total. The van der Waals surface area contributed by atoms with E-state index in [1.807, 2.05) is 68.6 Å². The Morgan fingerprint density at radius 2 is 1.87 bits per heavy atom. The molecule has 0 saturated carbocycles. The zero-order chi connectivity index (χ0) is 27.7. The van der Waals surface area contributed by atoms with Crippen LogP contribution in [-0.2, 0) is 4.79 Å². The number of aromatic nitrogens is 2. The lowest BCUT2D eigenvalue weighted by molar-refractivity contribution is -0.116. The summed E-state index contributed by atoms with van der Waals surface area (Å²) >= 11 is 9.46. The van der Waals surface area contributed by atoms with Gasteiger partial charge in [0.25, 0.3) is 0 Å². The highest BCUT2D eigenvalue weighted by Gasteiger charge is 2.41. The van der Waals surface area contributed by atoms with Crippen LogP contribution in [0.1, 0.15) is 52.3 Å². The highest BCUT2D eigenvalue weighted by atomic mass is 79.9. The van der Waals surface area contributed by atoms with Crippen LogP contribution in [0.5, 0.6) is 0 Å². The number of benzene rings is 2. The van der Waals surface area contributed by atoms with Gasteiger partial charge in [-0.3, -0.25) is 9.78 Å². The van der Waals surface area contributed by atoms with E-state index in [1.54, 1.807) is 0 Å². The van der Waals surface area contributed by atoms with Crippen molar-refractivity contribution in [3.8, 4) is 5.69 Å². The minimum Gasteiger partial charge on any atom is -0.352 e. The quantitative estimate of drug-likeness (QED) is 0.226. The van der Waals surface area contributed by atoms with Gasteiger partial charge in [-0.2, -0.15) is 0 Å². The van der Waals surface area contributed by atoms with Crippen molar-refractivity contribution in [2.24, 2.45) is 0 Å². The van der Waals surface area contributed by atoms with Crippen molar-refractivity contribution >= 4 is 44.9 Å². The fourth-order valence-electron chi connectivity index (χ4n) is 5.39. The third kappa shape index (κ3) is 5.63. The number of rotatable bonds is 7. The fraction of sp³-hybridized carbons (Fsp3) is 0.258. The normalized spacial score (nSPS) is 16.8. The van der Waals surface area contributed by atoms with E-state index in [0.29, 0.717) is 18.1 Å². The van der Waals surface area contributed by atoms with Crippen molar-refractivity contribution in [1.29, 1.82) is 0 Å². The van der Waals surface area contributed by atoms with Crippen molar-refractivity contribution in [2.75, 3.05) is 11.9 Å². The number of halogens is 1. The van der Waals surface area contributed by atoms with E-state index >= 15 is 0 Å². The summed E-state index contributed by atoms with van der Waals surface area (Å²) < 4.78 is 3.29. The topological polar surface area (TPSA) is 62.2 Å². The maximum absolute atomic E-state index is 13.1. The van der Waals surface area contributed by atoms with Crippen molar-refractivity contribution in [2.45, 2.75) is 46.2 Å². The number of hydrogen-bond donors (Lipinski definition) is 2. The molecule has 0 radical (unpaired) electrons. The van der Waals surface area contributed by atoms with Crippen molar-refractivity contribution < 1.29 is 4.79 Å². The third-order valence-corrected chi connectivity index (χ3v) is 8.15. The molecule has 2 atom stereocenters. The number of nitrogens with zero attached hydrogens (tertiary/aromatic N) is 3. The molecule has 0 unspecified atom stereocenters. The minimum absolute atomic E-state index is 0.0360. The second kappa shape index (κ2) is 11.3. The summed E-state index contributed by atoms with van der Waals surface area (Å²) in [6, 6.07) is 22.3. The molecule has 4 aromatic rings. The first-order chi connectivity index (χ1) is 18.7. The standard InChI is InChI=1S/C31H32BrN5OS/c1-19-11-12-20(2)27(16-19)34-28(38)13-15-36-30(29(35-31(36)39)26-10-5-6-14-33-26)25-17-21(3)37(22(25)4)24-9-7-8-23(32)18-24/h5-12,14,16-18,29-30H,13,15H2,1-4H3,(H,34,38)(H,35,39)/t29-,30+/m1/s1. The van der Waals surface area contributed by atoms with Crippen LogP contribution in [-0.4, -0.2) is 32.0 Å². The molecule has 2 N–H and O–H groups in total. The summed E-state index contributed by atoms with van der Waals surface area (Å²) in [7, 11) is 0. The van der Waals surface area contributed by atoms with E-state index in [0.717, 1.165) is 49.6 Å². The van der Waals surface area contributed by atoms with E-state index < -0.39 is 0 Å². The Labute approximate surface area is 243 Å². The Morgan fingerprint density at radius 1 is 1.05 bits per heavy atom. The summed E-state index contributed by atoms with van der Waals surface area (Å²) in [5.74, 6) is -0.0360. The molecule has 39 heavy (non-hydrogen) atoms. The predicted molar refractivity (Wildman–Crippen MR) is 164 cm³/mol. The first kappa shape index (κ1) is 27.1. The molecule has 3 heterocycles. The van der Waals surface area contributed by atoms with Gasteiger partial charge in [0.15, 0.2) is 5.11 Å². The lowest BCUT2D eigenvalue weighted by Crippen LogP contribution is -2.33. The molecular weight excluding hydrogens is 570 g/mol. The molecule has 2 aromatic heterocycles. The highest BCUT2D eigenvalue weighted by molar-refractivity contribution is 9.10. The molecule has 0 spiro atoms. The van der Waals surface area contributed by atoms with Crippen LogP contribution >= 0.6 is 28.1 Å². The van der Waals surface area contributed by atoms with E-state index in [4.69, 9.17) is 12.2 Å². The third-order valence-electron chi connectivity index (χ3n) is 7.30. The second-order valence-electron chi connectivity index (χ2n) is 10.1. The van der Waals surface area contributed by atoms with Crippen molar-refractivity contribution in [3.63, 3.8) is 0 Å². The number of amides is 1. The van der Waals surface area contributed by atoms with Gasteiger partial charge in [0.2, 0.25) is 5.91 Å².